The Kier molecular flexibility index (Phi) is 7.51. The third-order valence-electron chi connectivity index (χ3n) is 6.36. The second-order valence-electron chi connectivity index (χ2n) is 8.85. The van der Waals surface area contributed by atoms with Gasteiger partial charge in [-0.15, -0.1) is 0 Å². The number of aliphatic carboxylic acids is 1. The number of nitrogens with one attached hydrogen (secondary N) is 1. The quantitative estimate of drug-likeness (QED) is 0.288. The van der Waals surface area contributed by atoms with Crippen molar-refractivity contribution in [3.05, 3.63) is 95.1 Å². The molecule has 0 aliphatic carbocycles. The number of carbonyl (C=O) groups is 3. The van der Waals surface area contributed by atoms with Crippen LogP contribution < -0.4 is 4.90 Å². The highest BCUT2D eigenvalue weighted by atomic mass is 19.4. The molecule has 208 valence electrons. The van der Waals surface area contributed by atoms with Crippen LogP contribution in [0.25, 0.3) is 11.0 Å². The van der Waals surface area contributed by atoms with E-state index < -0.39 is 24.0 Å². The number of aliphatic hydroxyl groups is 1. The van der Waals surface area contributed by atoms with Crippen molar-refractivity contribution in [1.82, 2.24) is 14.9 Å². The molecule has 13 heteroatoms. The van der Waals surface area contributed by atoms with Crippen LogP contribution in [0.15, 0.2) is 72.8 Å². The number of amides is 2. The Morgan fingerprint density at radius 3 is 2.27 bits per heavy atom. The van der Waals surface area contributed by atoms with Crippen molar-refractivity contribution in [1.29, 1.82) is 0 Å². The fourth-order valence-electron chi connectivity index (χ4n) is 4.33. The number of hydrogen-bond donors (Lipinski definition) is 4. The van der Waals surface area contributed by atoms with Gasteiger partial charge in [0.15, 0.2) is 5.72 Å². The van der Waals surface area contributed by atoms with Crippen molar-refractivity contribution in [2.75, 3.05) is 18.5 Å². The normalized spacial score (nSPS) is 16.3. The zero-order valence-electron chi connectivity index (χ0n) is 20.9. The van der Waals surface area contributed by atoms with Crippen LogP contribution in [0.1, 0.15) is 27.0 Å². The Labute approximate surface area is 224 Å². The summed E-state index contributed by atoms with van der Waals surface area (Å²) in [4.78, 5) is 43.3. The van der Waals surface area contributed by atoms with Crippen LogP contribution >= 0.6 is 0 Å². The van der Waals surface area contributed by atoms with E-state index >= 15 is 0 Å². The van der Waals surface area contributed by atoms with Gasteiger partial charge in [0.2, 0.25) is 5.95 Å². The molecule has 0 saturated heterocycles. The molecule has 40 heavy (non-hydrogen) atoms. The number of H-pyrrole nitrogens is 1. The Hall–Kier alpha value is -4.91. The highest BCUT2D eigenvalue weighted by molar-refractivity contribution is 6.00. The number of nitrogens with zero attached hydrogens (tertiary/aromatic N) is 3. The molecule has 0 radical (unpaired) electrons. The molecule has 1 aliphatic heterocycles. The Bertz CT molecular complexity index is 1570. The van der Waals surface area contributed by atoms with Crippen molar-refractivity contribution >= 4 is 35.0 Å². The fourth-order valence-corrected chi connectivity index (χ4v) is 4.33. The SMILES string of the molecule is CN(C(=O)O)c1nc2cc(C3(O)c4ccccc4C(=O)N3CCc3ccccc3)ccc2[nH]1.O=C(O)C(F)(F)F. The summed E-state index contributed by atoms with van der Waals surface area (Å²) in [5.74, 6) is -2.82. The van der Waals surface area contributed by atoms with E-state index in [4.69, 9.17) is 9.90 Å². The first kappa shape index (κ1) is 28.1. The van der Waals surface area contributed by atoms with Gasteiger partial charge in [0, 0.05) is 30.3 Å². The zero-order valence-corrected chi connectivity index (χ0v) is 20.9. The molecular weight excluding hydrogens is 533 g/mol. The van der Waals surface area contributed by atoms with E-state index in [1.54, 1.807) is 42.5 Å². The minimum absolute atomic E-state index is 0.172. The number of fused-ring (bicyclic) bond motifs is 2. The van der Waals surface area contributed by atoms with E-state index in [0.717, 1.165) is 10.5 Å². The number of alkyl halides is 3. The summed E-state index contributed by atoms with van der Waals surface area (Å²) < 4.78 is 31.7. The molecule has 4 N–H and O–H groups in total. The average molecular weight is 556 g/mol. The van der Waals surface area contributed by atoms with Gasteiger partial charge >= 0.3 is 18.2 Å². The van der Waals surface area contributed by atoms with Crippen molar-refractivity contribution in [2.45, 2.75) is 18.3 Å². The molecule has 0 spiro atoms. The number of halogens is 3. The molecule has 0 saturated carbocycles. The van der Waals surface area contributed by atoms with Gasteiger partial charge in [-0.05, 0) is 30.2 Å². The number of hydrogen-bond acceptors (Lipinski definition) is 5. The molecule has 10 nitrogen and oxygen atoms in total. The molecule has 3 aromatic carbocycles. The van der Waals surface area contributed by atoms with Gasteiger partial charge in [0.25, 0.3) is 5.91 Å². The van der Waals surface area contributed by atoms with Gasteiger partial charge in [-0.3, -0.25) is 9.69 Å². The Balaban J connectivity index is 0.000000470. The smallest absolute Gasteiger partial charge is 0.475 e. The number of benzene rings is 3. The summed E-state index contributed by atoms with van der Waals surface area (Å²) in [7, 11) is 1.39. The standard InChI is InChI=1S/C25H22N4O4.C2HF3O2/c1-28(24(31)32)23-26-20-12-11-17(15-21(20)27-23)25(33)19-10-6-5-9-18(19)22(30)29(25)14-13-16-7-3-2-4-8-16;3-2(4,5)1(6)7/h2-12,15,33H,13-14H2,1H3,(H,26,27)(H,31,32);(H,6,7). The molecule has 1 aliphatic rings. The number of carbonyl (C=O) groups excluding carboxylic acids is 1. The monoisotopic (exact) mass is 556 g/mol. The molecular formula is C27H23F3N4O6. The van der Waals surface area contributed by atoms with Crippen molar-refractivity contribution in [3.63, 3.8) is 0 Å². The van der Waals surface area contributed by atoms with Crippen LogP contribution in [0.5, 0.6) is 0 Å². The third-order valence-corrected chi connectivity index (χ3v) is 6.36. The van der Waals surface area contributed by atoms with E-state index in [1.165, 1.54) is 11.9 Å². The molecule has 5 rings (SSSR count). The van der Waals surface area contributed by atoms with Crippen LogP contribution in [0.2, 0.25) is 0 Å². The summed E-state index contributed by atoms with van der Waals surface area (Å²) in [5.41, 5.74) is 1.96. The van der Waals surface area contributed by atoms with Crippen LogP contribution in [-0.2, 0) is 16.9 Å². The number of imidazole rings is 1. The maximum Gasteiger partial charge on any atom is 0.490 e. The first-order valence-electron chi connectivity index (χ1n) is 11.8. The summed E-state index contributed by atoms with van der Waals surface area (Å²) >= 11 is 0. The number of carboxylic acid groups (broad SMARTS) is 2. The number of aromatic amines is 1. The molecule has 2 heterocycles. The van der Waals surface area contributed by atoms with Crippen molar-refractivity contribution < 1.29 is 42.9 Å². The second kappa shape index (κ2) is 10.7. The summed E-state index contributed by atoms with van der Waals surface area (Å²) in [6.45, 7) is 0.319. The van der Waals surface area contributed by atoms with E-state index in [-0.39, 0.29) is 11.9 Å². The van der Waals surface area contributed by atoms with Gasteiger partial charge in [-0.1, -0.05) is 54.6 Å². The largest absolute Gasteiger partial charge is 0.490 e. The lowest BCUT2D eigenvalue weighted by Gasteiger charge is -2.35. The van der Waals surface area contributed by atoms with Gasteiger partial charge in [0.05, 0.1) is 11.0 Å². The first-order chi connectivity index (χ1) is 18.8. The summed E-state index contributed by atoms with van der Waals surface area (Å²) in [6.07, 6.45) is -5.64. The van der Waals surface area contributed by atoms with Gasteiger partial charge in [-0.2, -0.15) is 13.2 Å². The second-order valence-corrected chi connectivity index (χ2v) is 8.85. The van der Waals surface area contributed by atoms with Gasteiger partial charge in [-0.25, -0.2) is 14.6 Å². The molecule has 1 atom stereocenters. The predicted molar refractivity (Wildman–Crippen MR) is 137 cm³/mol. The lowest BCUT2D eigenvalue weighted by molar-refractivity contribution is -0.192. The molecule has 2 amide bonds. The fraction of sp³-hybridized carbons (Fsp3) is 0.185. The molecule has 1 aromatic heterocycles. The van der Waals surface area contributed by atoms with Crippen LogP contribution in [0.3, 0.4) is 0 Å². The van der Waals surface area contributed by atoms with Crippen LogP contribution in [-0.4, -0.2) is 67.9 Å². The van der Waals surface area contributed by atoms with Crippen molar-refractivity contribution in [2.24, 2.45) is 0 Å². The molecule has 0 bridgehead atoms. The topological polar surface area (TPSA) is 147 Å². The number of carboxylic acids is 1. The molecule has 1 unspecified atom stereocenters. The maximum atomic E-state index is 13.3. The number of anilines is 1. The zero-order chi connectivity index (χ0) is 29.2. The first-order valence-corrected chi connectivity index (χ1v) is 11.8. The average Bonchev–Trinajstić information content (AvgIpc) is 3.44. The van der Waals surface area contributed by atoms with Crippen LogP contribution in [0.4, 0.5) is 23.9 Å². The minimum atomic E-state index is -5.08. The Morgan fingerprint density at radius 2 is 1.65 bits per heavy atom. The van der Waals surface area contributed by atoms with Crippen LogP contribution in [0, 0.1) is 0 Å². The lowest BCUT2D eigenvalue weighted by atomic mass is 9.93. The molecule has 0 fully saturated rings. The van der Waals surface area contributed by atoms with Crippen molar-refractivity contribution in [3.8, 4) is 0 Å². The highest BCUT2D eigenvalue weighted by Gasteiger charge is 2.49. The van der Waals surface area contributed by atoms with Gasteiger partial charge < -0.3 is 25.2 Å². The Morgan fingerprint density at radius 1 is 1.02 bits per heavy atom. The maximum absolute atomic E-state index is 13.3. The third kappa shape index (κ3) is 5.31. The summed E-state index contributed by atoms with van der Waals surface area (Å²) in [6, 6.07) is 22.0. The van der Waals surface area contributed by atoms with E-state index in [1.807, 2.05) is 30.3 Å². The summed E-state index contributed by atoms with van der Waals surface area (Å²) in [5, 5.41) is 28.4. The lowest BCUT2D eigenvalue weighted by Crippen LogP contribution is -2.45. The predicted octanol–water partition coefficient (Wildman–Crippen LogP) is 4.20. The molecule has 4 aromatic rings. The van der Waals surface area contributed by atoms with E-state index in [2.05, 4.69) is 9.97 Å². The number of rotatable bonds is 5. The number of aromatic nitrogens is 2. The van der Waals surface area contributed by atoms with E-state index in [9.17, 15) is 33.0 Å². The van der Waals surface area contributed by atoms with E-state index in [0.29, 0.717) is 40.7 Å². The highest BCUT2D eigenvalue weighted by Crippen LogP contribution is 2.43. The van der Waals surface area contributed by atoms with Gasteiger partial charge in [0.1, 0.15) is 0 Å². The minimum Gasteiger partial charge on any atom is -0.475 e.